The van der Waals surface area contributed by atoms with Crippen molar-refractivity contribution in [2.45, 2.75) is 11.8 Å². The van der Waals surface area contributed by atoms with E-state index < -0.39 is 10.0 Å². The van der Waals surface area contributed by atoms with Gasteiger partial charge in [-0.25, -0.2) is 8.42 Å². The SMILES string of the molecule is COc1ccccc1NS(=O)(=O)c1ccc(C)c(C(=O)NCC2CNC2)c1. The van der Waals surface area contributed by atoms with Gasteiger partial charge in [0.1, 0.15) is 5.75 Å². The summed E-state index contributed by atoms with van der Waals surface area (Å²) in [5, 5.41) is 6.02. The number of hydrogen-bond acceptors (Lipinski definition) is 5. The van der Waals surface area contributed by atoms with Crippen LogP contribution in [0.3, 0.4) is 0 Å². The lowest BCUT2D eigenvalue weighted by Crippen LogP contribution is -2.48. The number of nitrogens with one attached hydrogen (secondary N) is 3. The summed E-state index contributed by atoms with van der Waals surface area (Å²) in [7, 11) is -2.39. The molecule has 3 N–H and O–H groups in total. The van der Waals surface area contributed by atoms with E-state index in [0.717, 1.165) is 18.7 Å². The molecule has 0 saturated carbocycles. The van der Waals surface area contributed by atoms with Crippen LogP contribution in [0.4, 0.5) is 5.69 Å². The normalized spacial score (nSPS) is 14.3. The first-order valence-corrected chi connectivity index (χ1v) is 10.1. The van der Waals surface area contributed by atoms with Crippen LogP contribution in [0.1, 0.15) is 15.9 Å². The second kappa shape index (κ2) is 7.98. The van der Waals surface area contributed by atoms with Crippen molar-refractivity contribution >= 4 is 21.6 Å². The van der Waals surface area contributed by atoms with Crippen molar-refractivity contribution in [3.63, 3.8) is 0 Å². The molecule has 0 unspecified atom stereocenters. The van der Waals surface area contributed by atoms with E-state index in [1.54, 1.807) is 37.3 Å². The van der Waals surface area contributed by atoms with Gasteiger partial charge in [-0.05, 0) is 36.8 Å². The van der Waals surface area contributed by atoms with Crippen molar-refractivity contribution in [3.8, 4) is 5.75 Å². The monoisotopic (exact) mass is 389 g/mol. The maximum atomic E-state index is 12.8. The fourth-order valence-electron chi connectivity index (χ4n) is 2.77. The molecule has 1 saturated heterocycles. The van der Waals surface area contributed by atoms with Gasteiger partial charge in [0.25, 0.3) is 15.9 Å². The van der Waals surface area contributed by atoms with Gasteiger partial charge in [-0.15, -0.1) is 0 Å². The summed E-state index contributed by atoms with van der Waals surface area (Å²) in [4.78, 5) is 12.5. The number of amides is 1. The lowest BCUT2D eigenvalue weighted by molar-refractivity contribution is 0.0941. The van der Waals surface area contributed by atoms with Crippen LogP contribution in [0.2, 0.25) is 0 Å². The van der Waals surface area contributed by atoms with Crippen molar-refractivity contribution in [1.82, 2.24) is 10.6 Å². The van der Waals surface area contributed by atoms with Crippen molar-refractivity contribution in [2.75, 3.05) is 31.5 Å². The Kier molecular flexibility index (Phi) is 5.67. The van der Waals surface area contributed by atoms with E-state index in [1.165, 1.54) is 19.2 Å². The van der Waals surface area contributed by atoms with Gasteiger partial charge in [-0.2, -0.15) is 0 Å². The average Bonchev–Trinajstić information content (AvgIpc) is 2.60. The topological polar surface area (TPSA) is 96.5 Å². The van der Waals surface area contributed by atoms with E-state index in [2.05, 4.69) is 15.4 Å². The first-order valence-electron chi connectivity index (χ1n) is 8.66. The predicted octanol–water partition coefficient (Wildman–Crippen LogP) is 1.75. The Morgan fingerprint density at radius 1 is 1.22 bits per heavy atom. The maximum Gasteiger partial charge on any atom is 0.262 e. The Morgan fingerprint density at radius 3 is 2.63 bits per heavy atom. The summed E-state index contributed by atoms with van der Waals surface area (Å²) in [5.41, 5.74) is 1.41. The molecule has 2 aromatic carbocycles. The highest BCUT2D eigenvalue weighted by Crippen LogP contribution is 2.26. The second-order valence-corrected chi connectivity index (χ2v) is 8.20. The number of carbonyl (C=O) groups excluding carboxylic acids is 1. The summed E-state index contributed by atoms with van der Waals surface area (Å²) in [6.45, 7) is 4.12. The summed E-state index contributed by atoms with van der Waals surface area (Å²) in [6.07, 6.45) is 0. The van der Waals surface area contributed by atoms with Gasteiger partial charge < -0.3 is 15.4 Å². The third-order valence-corrected chi connectivity index (χ3v) is 5.90. The maximum absolute atomic E-state index is 12.8. The fourth-order valence-corrected chi connectivity index (χ4v) is 3.87. The zero-order valence-electron chi connectivity index (χ0n) is 15.3. The molecule has 1 aliphatic heterocycles. The highest BCUT2D eigenvalue weighted by molar-refractivity contribution is 7.92. The molecule has 144 valence electrons. The number of hydrogen-bond donors (Lipinski definition) is 3. The largest absolute Gasteiger partial charge is 0.495 e. The number of aryl methyl sites for hydroxylation is 1. The van der Waals surface area contributed by atoms with Crippen molar-refractivity contribution < 1.29 is 17.9 Å². The van der Waals surface area contributed by atoms with Gasteiger partial charge in [0.15, 0.2) is 0 Å². The summed E-state index contributed by atoms with van der Waals surface area (Å²) in [5.74, 6) is 0.572. The quantitative estimate of drug-likeness (QED) is 0.670. The van der Waals surface area contributed by atoms with E-state index >= 15 is 0 Å². The fraction of sp³-hybridized carbons (Fsp3) is 0.316. The van der Waals surface area contributed by atoms with Crippen molar-refractivity contribution in [3.05, 3.63) is 53.6 Å². The minimum atomic E-state index is -3.86. The van der Waals surface area contributed by atoms with E-state index in [9.17, 15) is 13.2 Å². The summed E-state index contributed by atoms with van der Waals surface area (Å²) < 4.78 is 33.2. The molecule has 0 spiro atoms. The summed E-state index contributed by atoms with van der Waals surface area (Å²) in [6, 6.07) is 11.3. The van der Waals surface area contributed by atoms with E-state index in [-0.39, 0.29) is 10.8 Å². The van der Waals surface area contributed by atoms with Crippen LogP contribution in [-0.2, 0) is 10.0 Å². The van der Waals surface area contributed by atoms with E-state index in [4.69, 9.17) is 4.74 Å². The van der Waals surface area contributed by atoms with Gasteiger partial charge in [-0.3, -0.25) is 9.52 Å². The first-order chi connectivity index (χ1) is 12.9. The molecule has 0 atom stereocenters. The standard InChI is InChI=1S/C19H23N3O4S/c1-13-7-8-15(9-16(13)19(23)21-12-14-10-20-11-14)27(24,25)22-17-5-3-4-6-18(17)26-2/h3-9,14,20,22H,10-12H2,1-2H3,(H,21,23). The number of sulfonamides is 1. The van der Waals surface area contributed by atoms with Crippen LogP contribution in [0.25, 0.3) is 0 Å². The van der Waals surface area contributed by atoms with Crippen molar-refractivity contribution in [2.24, 2.45) is 5.92 Å². The van der Waals surface area contributed by atoms with Gasteiger partial charge >= 0.3 is 0 Å². The van der Waals surface area contributed by atoms with E-state index in [1.807, 2.05) is 0 Å². The van der Waals surface area contributed by atoms with Crippen LogP contribution in [-0.4, -0.2) is 41.1 Å². The predicted molar refractivity (Wildman–Crippen MR) is 104 cm³/mol. The van der Waals surface area contributed by atoms with Gasteiger partial charge in [-0.1, -0.05) is 18.2 Å². The molecule has 2 aromatic rings. The molecule has 7 nitrogen and oxygen atoms in total. The van der Waals surface area contributed by atoms with Crippen LogP contribution < -0.4 is 20.1 Å². The van der Waals surface area contributed by atoms with Gasteiger partial charge in [0.05, 0.1) is 17.7 Å². The number of rotatable bonds is 7. The molecule has 0 aliphatic carbocycles. The molecule has 0 aromatic heterocycles. The Morgan fingerprint density at radius 2 is 1.96 bits per heavy atom. The number of anilines is 1. The Bertz CT molecular complexity index is 940. The third kappa shape index (κ3) is 4.40. The zero-order valence-corrected chi connectivity index (χ0v) is 16.1. The molecular formula is C19H23N3O4S. The van der Waals surface area contributed by atoms with E-state index in [0.29, 0.717) is 29.5 Å². The number of ether oxygens (including phenoxy) is 1. The molecule has 1 aliphatic rings. The molecule has 0 radical (unpaired) electrons. The van der Waals surface area contributed by atoms with Crippen LogP contribution >= 0.6 is 0 Å². The minimum Gasteiger partial charge on any atom is -0.495 e. The third-order valence-electron chi connectivity index (χ3n) is 4.53. The number of para-hydroxylation sites is 2. The highest BCUT2D eigenvalue weighted by atomic mass is 32.2. The van der Waals surface area contributed by atoms with Crippen LogP contribution in [0.5, 0.6) is 5.75 Å². The molecule has 1 fully saturated rings. The lowest BCUT2D eigenvalue weighted by atomic mass is 10.0. The zero-order chi connectivity index (χ0) is 19.4. The molecular weight excluding hydrogens is 366 g/mol. The van der Waals surface area contributed by atoms with Crippen LogP contribution in [0.15, 0.2) is 47.4 Å². The smallest absolute Gasteiger partial charge is 0.262 e. The highest BCUT2D eigenvalue weighted by Gasteiger charge is 2.21. The number of methoxy groups -OCH3 is 1. The van der Waals surface area contributed by atoms with Gasteiger partial charge in [0.2, 0.25) is 0 Å². The van der Waals surface area contributed by atoms with Crippen molar-refractivity contribution in [1.29, 1.82) is 0 Å². The Hall–Kier alpha value is -2.58. The molecule has 1 heterocycles. The molecule has 0 bridgehead atoms. The van der Waals surface area contributed by atoms with Gasteiger partial charge in [0, 0.05) is 31.1 Å². The average molecular weight is 389 g/mol. The number of carbonyl (C=O) groups is 1. The second-order valence-electron chi connectivity index (χ2n) is 6.52. The van der Waals surface area contributed by atoms with Crippen LogP contribution in [0, 0.1) is 12.8 Å². The molecule has 3 rings (SSSR count). The lowest BCUT2D eigenvalue weighted by Gasteiger charge is -2.27. The first kappa shape index (κ1) is 19.2. The Balaban J connectivity index is 1.81. The molecule has 1 amide bonds. The summed E-state index contributed by atoms with van der Waals surface area (Å²) >= 11 is 0. The molecule has 8 heteroatoms. The minimum absolute atomic E-state index is 0.0227. The molecule has 27 heavy (non-hydrogen) atoms. The Labute approximate surface area is 159 Å². The number of benzene rings is 2.